The number of nitrogens with zero attached hydrogens (tertiary/aromatic N) is 3. The summed E-state index contributed by atoms with van der Waals surface area (Å²) in [6.45, 7) is -0.0599. The first kappa shape index (κ1) is 15.9. The van der Waals surface area contributed by atoms with Gasteiger partial charge in [0.25, 0.3) is 0 Å². The Balaban J connectivity index is 3.11. The molecule has 0 saturated heterocycles. The van der Waals surface area contributed by atoms with Crippen molar-refractivity contribution in [3.8, 4) is 12.1 Å². The van der Waals surface area contributed by atoms with Crippen LogP contribution in [0.1, 0.15) is 12.8 Å². The average molecular weight is 296 g/mol. The number of rotatable bonds is 6. The molecule has 106 valence electrons. The first-order chi connectivity index (χ1) is 9.43. The largest absolute Gasteiger partial charge is 0.396 e. The van der Waals surface area contributed by atoms with Gasteiger partial charge >= 0.3 is 0 Å². The zero-order chi connectivity index (χ0) is 15.2. The summed E-state index contributed by atoms with van der Waals surface area (Å²) in [7, 11) is -3.90. The predicted octanol–water partition coefficient (Wildman–Crippen LogP) is 1.23. The molecule has 0 aromatic heterocycles. The van der Waals surface area contributed by atoms with Crippen molar-refractivity contribution in [1.29, 1.82) is 10.5 Å². The first-order valence-electron chi connectivity index (χ1n) is 5.72. The monoisotopic (exact) mass is 296 g/mol. The molecular weight excluding hydrogens is 283 g/mol. The van der Waals surface area contributed by atoms with E-state index in [1.165, 1.54) is 0 Å². The summed E-state index contributed by atoms with van der Waals surface area (Å²) >= 11 is 0. The van der Waals surface area contributed by atoms with Crippen LogP contribution in [-0.2, 0) is 10.0 Å². The van der Waals surface area contributed by atoms with Crippen molar-refractivity contribution in [2.24, 2.45) is 0 Å². The van der Waals surface area contributed by atoms with Gasteiger partial charge < -0.3 is 5.73 Å². The van der Waals surface area contributed by atoms with E-state index in [9.17, 15) is 12.8 Å². The number of hydrogen-bond acceptors (Lipinski definition) is 5. The third-order valence-electron chi connectivity index (χ3n) is 2.55. The lowest BCUT2D eigenvalue weighted by molar-refractivity contribution is 0.425. The molecule has 8 heteroatoms. The Kier molecular flexibility index (Phi) is 5.44. The molecule has 1 aromatic carbocycles. The topological polar surface area (TPSA) is 111 Å². The summed E-state index contributed by atoms with van der Waals surface area (Å²) < 4.78 is 38.8. The van der Waals surface area contributed by atoms with Crippen LogP contribution in [0.25, 0.3) is 0 Å². The van der Waals surface area contributed by atoms with Crippen LogP contribution in [0.5, 0.6) is 0 Å². The molecule has 0 bridgehead atoms. The summed E-state index contributed by atoms with van der Waals surface area (Å²) in [5, 5.41) is 17.1. The van der Waals surface area contributed by atoms with E-state index in [0.717, 1.165) is 22.5 Å². The Morgan fingerprint density at radius 1 is 1.20 bits per heavy atom. The molecule has 0 heterocycles. The Morgan fingerprint density at radius 3 is 2.20 bits per heavy atom. The minimum atomic E-state index is -3.90. The van der Waals surface area contributed by atoms with Crippen molar-refractivity contribution in [1.82, 2.24) is 4.31 Å². The Hall–Kier alpha value is -2.16. The SMILES string of the molecule is N#CCCN(CCC#N)S(=O)(=O)c1ccc(F)c(N)c1. The van der Waals surface area contributed by atoms with Crippen LogP contribution in [0.3, 0.4) is 0 Å². The van der Waals surface area contributed by atoms with Gasteiger partial charge in [-0.1, -0.05) is 0 Å². The van der Waals surface area contributed by atoms with Gasteiger partial charge in [0.1, 0.15) is 5.82 Å². The maximum Gasteiger partial charge on any atom is 0.243 e. The maximum atomic E-state index is 13.1. The predicted molar refractivity (Wildman–Crippen MR) is 70.0 cm³/mol. The van der Waals surface area contributed by atoms with Crippen LogP contribution in [0.15, 0.2) is 23.1 Å². The van der Waals surface area contributed by atoms with Crippen LogP contribution in [0.2, 0.25) is 0 Å². The quantitative estimate of drug-likeness (QED) is 0.793. The van der Waals surface area contributed by atoms with Crippen LogP contribution < -0.4 is 5.73 Å². The first-order valence-corrected chi connectivity index (χ1v) is 7.16. The third-order valence-corrected chi connectivity index (χ3v) is 4.45. The normalized spacial score (nSPS) is 11.0. The third kappa shape index (κ3) is 3.67. The molecular formula is C12H13FN4O2S. The molecule has 0 aliphatic heterocycles. The number of halogens is 1. The standard InChI is InChI=1S/C12H13FN4O2S/c13-11-4-3-10(9-12(11)16)20(18,19)17(7-1-5-14)8-2-6-15/h3-4,9H,1-2,7-8,16H2. The van der Waals surface area contributed by atoms with Gasteiger partial charge in [0.15, 0.2) is 0 Å². The van der Waals surface area contributed by atoms with E-state index in [4.69, 9.17) is 16.3 Å². The zero-order valence-electron chi connectivity index (χ0n) is 10.6. The van der Waals surface area contributed by atoms with Crippen molar-refractivity contribution in [3.05, 3.63) is 24.0 Å². The highest BCUT2D eigenvalue weighted by Crippen LogP contribution is 2.20. The van der Waals surface area contributed by atoms with E-state index in [0.29, 0.717) is 0 Å². The second-order valence-electron chi connectivity index (χ2n) is 3.90. The van der Waals surface area contributed by atoms with Crippen molar-refractivity contribution in [3.63, 3.8) is 0 Å². The fourth-order valence-corrected chi connectivity index (χ4v) is 3.01. The molecule has 0 radical (unpaired) electrons. The highest BCUT2D eigenvalue weighted by molar-refractivity contribution is 7.89. The number of benzene rings is 1. The molecule has 0 aliphatic carbocycles. The van der Waals surface area contributed by atoms with Gasteiger partial charge in [-0.2, -0.15) is 14.8 Å². The van der Waals surface area contributed by atoms with Crippen LogP contribution in [0, 0.1) is 28.5 Å². The van der Waals surface area contributed by atoms with E-state index >= 15 is 0 Å². The smallest absolute Gasteiger partial charge is 0.243 e. The number of anilines is 1. The van der Waals surface area contributed by atoms with Crippen LogP contribution in [0.4, 0.5) is 10.1 Å². The van der Waals surface area contributed by atoms with Crippen molar-refractivity contribution in [2.45, 2.75) is 17.7 Å². The Bertz CT molecular complexity index is 643. The summed E-state index contributed by atoms with van der Waals surface area (Å²) in [6, 6.07) is 6.79. The second-order valence-corrected chi connectivity index (χ2v) is 5.84. The average Bonchev–Trinajstić information content (AvgIpc) is 2.41. The fraction of sp³-hybridized carbons (Fsp3) is 0.333. The highest BCUT2D eigenvalue weighted by atomic mass is 32.2. The summed E-state index contributed by atoms with van der Waals surface area (Å²) in [5.74, 6) is -0.704. The van der Waals surface area contributed by atoms with E-state index in [1.54, 1.807) is 0 Å². The Labute approximate surface area is 116 Å². The van der Waals surface area contributed by atoms with E-state index in [1.807, 2.05) is 12.1 Å². The number of sulfonamides is 1. The molecule has 1 rings (SSSR count). The van der Waals surface area contributed by atoms with Gasteiger partial charge in [-0.15, -0.1) is 0 Å². The molecule has 6 nitrogen and oxygen atoms in total. The molecule has 0 saturated carbocycles. The lowest BCUT2D eigenvalue weighted by Gasteiger charge is -2.20. The van der Waals surface area contributed by atoms with Gasteiger partial charge in [-0.25, -0.2) is 12.8 Å². The molecule has 20 heavy (non-hydrogen) atoms. The molecule has 0 atom stereocenters. The van der Waals surface area contributed by atoms with Crippen molar-refractivity contribution in [2.75, 3.05) is 18.8 Å². The summed E-state index contributed by atoms with van der Waals surface area (Å²) in [4.78, 5) is -0.160. The van der Waals surface area contributed by atoms with E-state index in [-0.39, 0.29) is 36.5 Å². The number of nitrogen functional groups attached to an aromatic ring is 1. The summed E-state index contributed by atoms with van der Waals surface area (Å²) in [6.07, 6.45) is 0.00265. The molecule has 0 spiro atoms. The fourth-order valence-electron chi connectivity index (χ4n) is 1.53. The lowest BCUT2D eigenvalue weighted by Crippen LogP contribution is -2.32. The zero-order valence-corrected chi connectivity index (χ0v) is 11.4. The maximum absolute atomic E-state index is 13.1. The number of nitrogens with two attached hydrogens (primary N) is 1. The second kappa shape index (κ2) is 6.85. The minimum Gasteiger partial charge on any atom is -0.396 e. The summed E-state index contributed by atoms with van der Waals surface area (Å²) in [5.41, 5.74) is 5.08. The highest BCUT2D eigenvalue weighted by Gasteiger charge is 2.24. The van der Waals surface area contributed by atoms with Crippen LogP contribution >= 0.6 is 0 Å². The van der Waals surface area contributed by atoms with Gasteiger partial charge in [0.05, 0.1) is 22.7 Å². The lowest BCUT2D eigenvalue weighted by atomic mass is 10.3. The van der Waals surface area contributed by atoms with Gasteiger partial charge in [0.2, 0.25) is 10.0 Å². The van der Waals surface area contributed by atoms with E-state index in [2.05, 4.69) is 0 Å². The van der Waals surface area contributed by atoms with Crippen LogP contribution in [-0.4, -0.2) is 25.8 Å². The van der Waals surface area contributed by atoms with Crippen molar-refractivity contribution >= 4 is 15.7 Å². The molecule has 2 N–H and O–H groups in total. The number of hydrogen-bond donors (Lipinski definition) is 1. The van der Waals surface area contributed by atoms with Gasteiger partial charge in [-0.3, -0.25) is 0 Å². The Morgan fingerprint density at radius 2 is 1.75 bits per heavy atom. The molecule has 0 aliphatic rings. The molecule has 0 amide bonds. The van der Waals surface area contributed by atoms with Crippen molar-refractivity contribution < 1.29 is 12.8 Å². The number of nitriles is 2. The van der Waals surface area contributed by atoms with Gasteiger partial charge in [-0.05, 0) is 18.2 Å². The molecule has 0 unspecified atom stereocenters. The minimum absolute atomic E-state index is 0.00132. The van der Waals surface area contributed by atoms with E-state index < -0.39 is 15.8 Å². The van der Waals surface area contributed by atoms with Gasteiger partial charge in [0, 0.05) is 25.9 Å². The molecule has 1 aromatic rings. The molecule has 0 fully saturated rings.